The van der Waals surface area contributed by atoms with Gasteiger partial charge in [-0.3, -0.25) is 0 Å². The molecule has 0 aromatic heterocycles. The SMILES string of the molecule is COCC(O)CNC(C)c1cc(Cl)cc(Cl)c1. The minimum atomic E-state index is -0.517. The second kappa shape index (κ2) is 7.19. The molecule has 1 rings (SSSR count). The molecule has 5 heteroatoms. The Labute approximate surface area is 112 Å². The second-order valence-electron chi connectivity index (χ2n) is 3.94. The fourth-order valence-corrected chi connectivity index (χ4v) is 2.05. The molecule has 1 aromatic carbocycles. The van der Waals surface area contributed by atoms with Gasteiger partial charge in [-0.15, -0.1) is 0 Å². The zero-order valence-electron chi connectivity index (χ0n) is 9.91. The molecule has 96 valence electrons. The van der Waals surface area contributed by atoms with Crippen LogP contribution in [0.15, 0.2) is 18.2 Å². The molecule has 2 atom stereocenters. The third-order valence-corrected chi connectivity index (χ3v) is 2.84. The number of hydrogen-bond donors (Lipinski definition) is 2. The minimum Gasteiger partial charge on any atom is -0.389 e. The smallest absolute Gasteiger partial charge is 0.0897 e. The van der Waals surface area contributed by atoms with Gasteiger partial charge >= 0.3 is 0 Å². The van der Waals surface area contributed by atoms with Crippen molar-refractivity contribution < 1.29 is 9.84 Å². The lowest BCUT2D eigenvalue weighted by molar-refractivity contribution is 0.0630. The van der Waals surface area contributed by atoms with Gasteiger partial charge in [0.15, 0.2) is 0 Å². The van der Waals surface area contributed by atoms with Gasteiger partial charge in [-0.2, -0.15) is 0 Å². The maximum absolute atomic E-state index is 9.51. The Morgan fingerprint density at radius 3 is 2.41 bits per heavy atom. The Hall–Kier alpha value is -0.320. The van der Waals surface area contributed by atoms with Crippen molar-refractivity contribution in [3.05, 3.63) is 33.8 Å². The lowest BCUT2D eigenvalue weighted by Gasteiger charge is -2.17. The first kappa shape index (κ1) is 14.7. The third kappa shape index (κ3) is 5.23. The van der Waals surface area contributed by atoms with E-state index < -0.39 is 6.10 Å². The van der Waals surface area contributed by atoms with Crippen molar-refractivity contribution in [1.82, 2.24) is 5.32 Å². The highest BCUT2D eigenvalue weighted by molar-refractivity contribution is 6.34. The molecule has 0 aliphatic rings. The van der Waals surface area contributed by atoms with Crippen molar-refractivity contribution in [1.29, 1.82) is 0 Å². The molecule has 2 N–H and O–H groups in total. The predicted molar refractivity (Wildman–Crippen MR) is 70.8 cm³/mol. The van der Waals surface area contributed by atoms with Crippen LogP contribution in [0.25, 0.3) is 0 Å². The van der Waals surface area contributed by atoms with E-state index in [1.165, 1.54) is 0 Å². The zero-order chi connectivity index (χ0) is 12.8. The standard InChI is InChI=1S/C12H17Cl2NO2/c1-8(15-6-12(16)7-17-2)9-3-10(13)5-11(14)4-9/h3-5,8,12,15-16H,6-7H2,1-2H3. The van der Waals surface area contributed by atoms with Gasteiger partial charge in [-0.05, 0) is 30.7 Å². The van der Waals surface area contributed by atoms with E-state index in [1.807, 2.05) is 19.1 Å². The van der Waals surface area contributed by atoms with Crippen molar-refractivity contribution in [3.63, 3.8) is 0 Å². The van der Waals surface area contributed by atoms with Gasteiger partial charge in [0.25, 0.3) is 0 Å². The van der Waals surface area contributed by atoms with Crippen LogP contribution in [0.2, 0.25) is 10.0 Å². The number of nitrogens with one attached hydrogen (secondary N) is 1. The summed E-state index contributed by atoms with van der Waals surface area (Å²) in [5.74, 6) is 0. The molecule has 0 fully saturated rings. The second-order valence-corrected chi connectivity index (χ2v) is 4.81. The number of hydrogen-bond acceptors (Lipinski definition) is 3. The Morgan fingerprint density at radius 2 is 1.88 bits per heavy atom. The van der Waals surface area contributed by atoms with E-state index in [2.05, 4.69) is 5.32 Å². The van der Waals surface area contributed by atoms with Crippen LogP contribution in [0.5, 0.6) is 0 Å². The van der Waals surface area contributed by atoms with E-state index in [9.17, 15) is 5.11 Å². The van der Waals surface area contributed by atoms with Crippen molar-refractivity contribution in [3.8, 4) is 0 Å². The summed E-state index contributed by atoms with van der Waals surface area (Å²) in [4.78, 5) is 0. The number of aliphatic hydroxyl groups excluding tert-OH is 1. The summed E-state index contributed by atoms with van der Waals surface area (Å²) in [6, 6.07) is 5.47. The summed E-state index contributed by atoms with van der Waals surface area (Å²) in [6.07, 6.45) is -0.517. The maximum atomic E-state index is 9.51. The van der Waals surface area contributed by atoms with Crippen molar-refractivity contribution >= 4 is 23.2 Å². The Kier molecular flexibility index (Phi) is 6.23. The summed E-state index contributed by atoms with van der Waals surface area (Å²) in [5, 5.41) is 13.9. The molecule has 3 nitrogen and oxygen atoms in total. The summed E-state index contributed by atoms with van der Waals surface area (Å²) >= 11 is 11.9. The lowest BCUT2D eigenvalue weighted by Crippen LogP contribution is -2.31. The number of benzene rings is 1. The van der Waals surface area contributed by atoms with E-state index in [4.69, 9.17) is 27.9 Å². The number of halogens is 2. The maximum Gasteiger partial charge on any atom is 0.0897 e. The van der Waals surface area contributed by atoms with Crippen LogP contribution in [0.4, 0.5) is 0 Å². The molecule has 1 aromatic rings. The Morgan fingerprint density at radius 1 is 1.29 bits per heavy atom. The molecular formula is C12H17Cl2NO2. The minimum absolute atomic E-state index is 0.0673. The zero-order valence-corrected chi connectivity index (χ0v) is 11.4. The number of methoxy groups -OCH3 is 1. The van der Waals surface area contributed by atoms with Gasteiger partial charge in [0.05, 0.1) is 12.7 Å². The molecule has 0 saturated heterocycles. The van der Waals surface area contributed by atoms with Crippen LogP contribution in [0.1, 0.15) is 18.5 Å². The van der Waals surface area contributed by atoms with Crippen LogP contribution in [0.3, 0.4) is 0 Å². The highest BCUT2D eigenvalue weighted by atomic mass is 35.5. The average Bonchev–Trinajstić information content (AvgIpc) is 2.25. The summed E-state index contributed by atoms with van der Waals surface area (Å²) < 4.78 is 4.85. The van der Waals surface area contributed by atoms with Crippen molar-refractivity contribution in [2.24, 2.45) is 0 Å². The first-order chi connectivity index (χ1) is 8.02. The fraction of sp³-hybridized carbons (Fsp3) is 0.500. The molecule has 0 aliphatic carbocycles. The van der Waals surface area contributed by atoms with Gasteiger partial charge in [-0.25, -0.2) is 0 Å². The predicted octanol–water partition coefficient (Wildman–Crippen LogP) is 2.65. The van der Waals surface area contributed by atoms with Gasteiger partial charge in [0.1, 0.15) is 0 Å². The van der Waals surface area contributed by atoms with E-state index in [-0.39, 0.29) is 6.04 Å². The van der Waals surface area contributed by atoms with E-state index >= 15 is 0 Å². The van der Waals surface area contributed by atoms with Gasteiger partial charge < -0.3 is 15.2 Å². The van der Waals surface area contributed by atoms with Crippen molar-refractivity contribution in [2.75, 3.05) is 20.3 Å². The normalized spacial score (nSPS) is 14.6. The number of aliphatic hydroxyl groups is 1. The molecule has 0 amide bonds. The molecule has 0 saturated carbocycles. The first-order valence-corrected chi connectivity index (χ1v) is 6.15. The van der Waals surface area contributed by atoms with Crippen molar-refractivity contribution in [2.45, 2.75) is 19.1 Å². The summed E-state index contributed by atoms with van der Waals surface area (Å²) in [5.41, 5.74) is 0.993. The fourth-order valence-electron chi connectivity index (χ4n) is 1.51. The Bertz CT molecular complexity index is 340. The molecule has 17 heavy (non-hydrogen) atoms. The molecule has 0 radical (unpaired) electrons. The van der Waals surface area contributed by atoms with Gasteiger partial charge in [-0.1, -0.05) is 23.2 Å². The largest absolute Gasteiger partial charge is 0.389 e. The molecular weight excluding hydrogens is 261 g/mol. The van der Waals surface area contributed by atoms with E-state index in [0.29, 0.717) is 23.2 Å². The summed E-state index contributed by atoms with van der Waals surface area (Å²) in [6.45, 7) is 2.76. The van der Waals surface area contributed by atoms with Gasteiger partial charge in [0, 0.05) is 29.7 Å². The molecule has 0 heterocycles. The van der Waals surface area contributed by atoms with E-state index in [1.54, 1.807) is 13.2 Å². The lowest BCUT2D eigenvalue weighted by atomic mass is 10.1. The molecule has 0 bridgehead atoms. The van der Waals surface area contributed by atoms with Crippen LogP contribution in [0, 0.1) is 0 Å². The summed E-state index contributed by atoms with van der Waals surface area (Å²) in [7, 11) is 1.56. The van der Waals surface area contributed by atoms with Crippen LogP contribution in [-0.4, -0.2) is 31.5 Å². The third-order valence-electron chi connectivity index (χ3n) is 2.40. The van der Waals surface area contributed by atoms with Crippen LogP contribution < -0.4 is 5.32 Å². The average molecular weight is 278 g/mol. The van der Waals surface area contributed by atoms with E-state index in [0.717, 1.165) is 5.56 Å². The quantitative estimate of drug-likeness (QED) is 0.840. The molecule has 0 spiro atoms. The van der Waals surface area contributed by atoms with Crippen LogP contribution in [-0.2, 0) is 4.74 Å². The molecule has 0 aliphatic heterocycles. The topological polar surface area (TPSA) is 41.5 Å². The number of rotatable bonds is 6. The highest BCUT2D eigenvalue weighted by Gasteiger charge is 2.09. The molecule has 2 unspecified atom stereocenters. The van der Waals surface area contributed by atoms with Gasteiger partial charge in [0.2, 0.25) is 0 Å². The first-order valence-electron chi connectivity index (χ1n) is 5.39. The number of ether oxygens (including phenoxy) is 1. The Balaban J connectivity index is 2.54. The van der Waals surface area contributed by atoms with Crippen LogP contribution >= 0.6 is 23.2 Å². The monoisotopic (exact) mass is 277 g/mol. The highest BCUT2D eigenvalue weighted by Crippen LogP contribution is 2.23.